The molecule has 1 fully saturated rings. The Hall–Kier alpha value is -3.16. The molecule has 0 radical (unpaired) electrons. The fourth-order valence-corrected chi connectivity index (χ4v) is 6.35. The summed E-state index contributed by atoms with van der Waals surface area (Å²) in [6, 6.07) is 23.9. The van der Waals surface area contributed by atoms with E-state index in [0.717, 1.165) is 11.1 Å². The van der Waals surface area contributed by atoms with E-state index >= 15 is 0 Å². The fraction of sp³-hybridized carbons (Fsp3) is 0.286. The molecule has 1 amide bonds. The van der Waals surface area contributed by atoms with Gasteiger partial charge in [-0.15, -0.1) is 0 Å². The van der Waals surface area contributed by atoms with Gasteiger partial charge in [0.15, 0.2) is 0 Å². The van der Waals surface area contributed by atoms with Gasteiger partial charge in [-0.1, -0.05) is 83.9 Å². The van der Waals surface area contributed by atoms with E-state index in [9.17, 15) is 26.4 Å². The number of carboxylic acid groups (broad SMARTS) is 1. The van der Waals surface area contributed by atoms with Crippen LogP contribution in [0, 0.1) is 5.92 Å². The quantitative estimate of drug-likeness (QED) is 0.278. The number of sulfonamides is 1. The van der Waals surface area contributed by atoms with Crippen molar-refractivity contribution in [2.45, 2.75) is 29.5 Å². The van der Waals surface area contributed by atoms with Crippen molar-refractivity contribution in [3.05, 3.63) is 100 Å². The maximum atomic E-state index is 13.1. The summed E-state index contributed by atoms with van der Waals surface area (Å²) in [7, 11) is -3.90. The van der Waals surface area contributed by atoms with Gasteiger partial charge in [0, 0.05) is 36.6 Å². The molecule has 1 heterocycles. The molecule has 4 rings (SSSR count). The predicted molar refractivity (Wildman–Crippen MR) is 153 cm³/mol. The van der Waals surface area contributed by atoms with E-state index in [1.54, 1.807) is 0 Å². The minimum absolute atomic E-state index is 0.0113. The van der Waals surface area contributed by atoms with Crippen LogP contribution < -0.4 is 15.4 Å². The minimum atomic E-state index is -5.08. The molecule has 42 heavy (non-hydrogen) atoms. The lowest BCUT2D eigenvalue weighted by Gasteiger charge is -2.30. The first kappa shape index (κ1) is 33.3. The van der Waals surface area contributed by atoms with Crippen LogP contribution in [0.3, 0.4) is 0 Å². The van der Waals surface area contributed by atoms with Crippen LogP contribution in [-0.2, 0) is 19.6 Å². The van der Waals surface area contributed by atoms with E-state index < -0.39 is 28.2 Å². The number of carbonyl (C=O) groups is 2. The van der Waals surface area contributed by atoms with Crippen molar-refractivity contribution < 1.29 is 36.3 Å². The lowest BCUT2D eigenvalue weighted by atomic mass is 9.90. The zero-order chi connectivity index (χ0) is 30.9. The smallest absolute Gasteiger partial charge is 0.475 e. The van der Waals surface area contributed by atoms with Crippen LogP contribution in [0.25, 0.3) is 0 Å². The van der Waals surface area contributed by atoms with Crippen LogP contribution in [-0.4, -0.2) is 57.3 Å². The Morgan fingerprint density at radius 1 is 0.952 bits per heavy atom. The normalized spacial score (nSPS) is 17.2. The van der Waals surface area contributed by atoms with E-state index in [2.05, 4.69) is 39.6 Å². The van der Waals surface area contributed by atoms with Gasteiger partial charge in [0.25, 0.3) is 0 Å². The molecule has 0 unspecified atom stereocenters. The lowest BCUT2D eigenvalue weighted by molar-refractivity contribution is -0.192. The van der Waals surface area contributed by atoms with Gasteiger partial charge >= 0.3 is 12.1 Å². The van der Waals surface area contributed by atoms with Crippen LogP contribution in [0.4, 0.5) is 13.2 Å². The van der Waals surface area contributed by atoms with Crippen LogP contribution in [0.5, 0.6) is 0 Å². The second-order valence-corrected chi connectivity index (χ2v) is 11.9. The number of alkyl halides is 3. The van der Waals surface area contributed by atoms with Gasteiger partial charge < -0.3 is 15.7 Å². The molecule has 0 aromatic heterocycles. The van der Waals surface area contributed by atoms with Crippen molar-refractivity contribution in [3.63, 3.8) is 0 Å². The third-order valence-corrected chi connectivity index (χ3v) is 8.59. The largest absolute Gasteiger partial charge is 0.490 e. The standard InChI is InChI=1S/C26H27Cl2N3O3S.C2HF3O2/c27-21-11-12-24(28)25(14-21)35(33,34)31-22-13-20(15-29-16-22)26(32)30-17-23(18-7-3-1-4-8-18)19-9-5-2-6-10-19;3-2(4,5)1(6)7/h1-12,14,20,22-23,29,31H,13,15-17H2,(H,30,32);(H,6,7)/t20-,22+;/m0./s1. The van der Waals surface area contributed by atoms with Crippen molar-refractivity contribution in [2.24, 2.45) is 5.92 Å². The zero-order valence-electron chi connectivity index (χ0n) is 21.9. The summed E-state index contributed by atoms with van der Waals surface area (Å²) in [5.41, 5.74) is 2.23. The first-order valence-electron chi connectivity index (χ1n) is 12.6. The van der Waals surface area contributed by atoms with Crippen LogP contribution >= 0.6 is 23.2 Å². The Balaban J connectivity index is 0.000000616. The number of hydrogen-bond donors (Lipinski definition) is 4. The molecule has 226 valence electrons. The monoisotopic (exact) mass is 645 g/mol. The molecular weight excluding hydrogens is 618 g/mol. The molecule has 1 saturated heterocycles. The van der Waals surface area contributed by atoms with Gasteiger partial charge in [-0.25, -0.2) is 17.9 Å². The van der Waals surface area contributed by atoms with Crippen LogP contribution in [0.2, 0.25) is 10.0 Å². The molecule has 1 aliphatic heterocycles. The molecule has 8 nitrogen and oxygen atoms in total. The average molecular weight is 647 g/mol. The first-order valence-corrected chi connectivity index (χ1v) is 14.9. The van der Waals surface area contributed by atoms with E-state index in [-0.39, 0.29) is 32.7 Å². The summed E-state index contributed by atoms with van der Waals surface area (Å²) in [6.07, 6.45) is -4.71. The number of aliphatic carboxylic acids is 1. The molecule has 0 spiro atoms. The van der Waals surface area contributed by atoms with Gasteiger partial charge in [0.05, 0.1) is 10.9 Å². The molecule has 14 heteroatoms. The third-order valence-electron chi connectivity index (χ3n) is 6.35. The Kier molecular flexibility index (Phi) is 11.8. The highest BCUT2D eigenvalue weighted by Crippen LogP contribution is 2.26. The molecule has 3 aromatic carbocycles. The Labute approximate surface area is 251 Å². The first-order chi connectivity index (χ1) is 19.8. The maximum Gasteiger partial charge on any atom is 0.490 e. The number of rotatable bonds is 8. The number of piperidine rings is 1. The summed E-state index contributed by atoms with van der Waals surface area (Å²) >= 11 is 12.1. The number of halogens is 5. The Bertz CT molecular complexity index is 1420. The molecule has 0 aliphatic carbocycles. The molecular formula is C28H28Cl2F3N3O5S. The van der Waals surface area contributed by atoms with E-state index in [4.69, 9.17) is 33.1 Å². The summed E-state index contributed by atoms with van der Waals surface area (Å²) in [5.74, 6) is -3.23. The summed E-state index contributed by atoms with van der Waals surface area (Å²) in [5, 5.41) is 13.7. The summed E-state index contributed by atoms with van der Waals surface area (Å²) in [4.78, 5) is 21.9. The molecule has 4 N–H and O–H groups in total. The van der Waals surface area contributed by atoms with Crippen molar-refractivity contribution >= 4 is 45.1 Å². The third kappa shape index (κ3) is 9.70. The van der Waals surface area contributed by atoms with Crippen LogP contribution in [0.1, 0.15) is 23.5 Å². The Morgan fingerprint density at radius 2 is 1.50 bits per heavy atom. The van der Waals surface area contributed by atoms with Gasteiger partial charge in [0.2, 0.25) is 15.9 Å². The number of carbonyl (C=O) groups excluding carboxylic acids is 1. The zero-order valence-corrected chi connectivity index (χ0v) is 24.3. The summed E-state index contributed by atoms with van der Waals surface area (Å²) < 4.78 is 60.2. The second-order valence-electron chi connectivity index (χ2n) is 9.41. The number of nitrogens with one attached hydrogen (secondary N) is 3. The predicted octanol–water partition coefficient (Wildman–Crippen LogP) is 4.83. The topological polar surface area (TPSA) is 125 Å². The average Bonchev–Trinajstić information content (AvgIpc) is 2.95. The molecule has 3 aromatic rings. The fourth-order valence-electron chi connectivity index (χ4n) is 4.34. The van der Waals surface area contributed by atoms with Crippen molar-refractivity contribution in [1.82, 2.24) is 15.4 Å². The SMILES string of the molecule is O=C(NCC(c1ccccc1)c1ccccc1)[C@@H]1CNC[C@H](NS(=O)(=O)c2cc(Cl)ccc2Cl)C1.O=C(O)C(F)(F)F. The maximum absolute atomic E-state index is 13.1. The highest BCUT2D eigenvalue weighted by molar-refractivity contribution is 7.89. The van der Waals surface area contributed by atoms with E-state index in [1.807, 2.05) is 36.4 Å². The number of carboxylic acids is 1. The van der Waals surface area contributed by atoms with Gasteiger partial charge in [-0.3, -0.25) is 4.79 Å². The molecule has 2 atom stereocenters. The molecule has 1 aliphatic rings. The van der Waals surface area contributed by atoms with Crippen molar-refractivity contribution in [1.29, 1.82) is 0 Å². The number of amides is 1. The van der Waals surface area contributed by atoms with Crippen molar-refractivity contribution in [2.75, 3.05) is 19.6 Å². The summed E-state index contributed by atoms with van der Waals surface area (Å²) in [6.45, 7) is 1.33. The number of hydrogen-bond acceptors (Lipinski definition) is 5. The highest BCUT2D eigenvalue weighted by Gasteiger charge is 2.38. The lowest BCUT2D eigenvalue weighted by Crippen LogP contribution is -2.52. The molecule has 0 bridgehead atoms. The van der Waals surface area contributed by atoms with Gasteiger partial charge in [-0.2, -0.15) is 13.2 Å². The van der Waals surface area contributed by atoms with Gasteiger partial charge in [0.1, 0.15) is 4.90 Å². The van der Waals surface area contributed by atoms with Gasteiger partial charge in [-0.05, 0) is 35.7 Å². The van der Waals surface area contributed by atoms with E-state index in [0.29, 0.717) is 26.1 Å². The van der Waals surface area contributed by atoms with Crippen LogP contribution in [0.15, 0.2) is 83.8 Å². The second kappa shape index (κ2) is 14.8. The highest BCUT2D eigenvalue weighted by atomic mass is 35.5. The number of benzene rings is 3. The van der Waals surface area contributed by atoms with Crippen molar-refractivity contribution in [3.8, 4) is 0 Å². The molecule has 0 saturated carbocycles. The van der Waals surface area contributed by atoms with E-state index in [1.165, 1.54) is 18.2 Å². The minimum Gasteiger partial charge on any atom is -0.475 e. The Morgan fingerprint density at radius 3 is 2.02 bits per heavy atom.